The van der Waals surface area contributed by atoms with E-state index < -0.39 is 6.04 Å². The first-order valence-corrected chi connectivity index (χ1v) is 8.97. The van der Waals surface area contributed by atoms with Gasteiger partial charge in [0.25, 0.3) is 0 Å². The van der Waals surface area contributed by atoms with Gasteiger partial charge in [0.2, 0.25) is 11.8 Å². The minimum atomic E-state index is -0.447. The van der Waals surface area contributed by atoms with Crippen LogP contribution in [0.2, 0.25) is 0 Å². The molecule has 0 saturated heterocycles. The molecular weight excluding hydrogens is 292 g/mol. The van der Waals surface area contributed by atoms with Crippen LogP contribution in [0.5, 0.6) is 0 Å². The second kappa shape index (κ2) is 9.02. The molecule has 2 amide bonds. The number of hydrogen-bond donors (Lipinski definition) is 2. The standard InChI is InChI=1S/C14H22N2O2S2/c1-4-13(17)16-11(7-9-19-3)14(18)15-10(2)12-6-5-8-20-12/h5-6,8,10-11H,4,7,9H2,1-3H3,(H,15,18)(H,16,17)/t10-,11+/m0/s1. The molecule has 0 fully saturated rings. The number of hydrogen-bond acceptors (Lipinski definition) is 4. The van der Waals surface area contributed by atoms with Gasteiger partial charge in [-0.25, -0.2) is 0 Å². The maximum atomic E-state index is 12.3. The lowest BCUT2D eigenvalue weighted by atomic mass is 10.1. The summed E-state index contributed by atoms with van der Waals surface area (Å²) in [6, 6.07) is 3.49. The van der Waals surface area contributed by atoms with E-state index in [1.165, 1.54) is 0 Å². The Morgan fingerprint density at radius 3 is 2.70 bits per heavy atom. The smallest absolute Gasteiger partial charge is 0.243 e. The molecular formula is C14H22N2O2S2. The summed E-state index contributed by atoms with van der Waals surface area (Å²) in [5.74, 6) is 0.645. The highest BCUT2D eigenvalue weighted by molar-refractivity contribution is 7.98. The van der Waals surface area contributed by atoms with E-state index in [0.717, 1.165) is 10.6 Å². The van der Waals surface area contributed by atoms with Gasteiger partial charge in [0.05, 0.1) is 6.04 Å². The zero-order valence-electron chi connectivity index (χ0n) is 12.1. The van der Waals surface area contributed by atoms with E-state index >= 15 is 0 Å². The van der Waals surface area contributed by atoms with Gasteiger partial charge < -0.3 is 10.6 Å². The van der Waals surface area contributed by atoms with Crippen LogP contribution in [0, 0.1) is 0 Å². The Hall–Kier alpha value is -1.01. The van der Waals surface area contributed by atoms with Crippen LogP contribution in [0.15, 0.2) is 17.5 Å². The minimum absolute atomic E-state index is 0.0298. The third kappa shape index (κ3) is 5.54. The highest BCUT2D eigenvalue weighted by Crippen LogP contribution is 2.18. The monoisotopic (exact) mass is 314 g/mol. The van der Waals surface area contributed by atoms with Crippen molar-refractivity contribution in [2.45, 2.75) is 38.8 Å². The zero-order chi connectivity index (χ0) is 15.0. The average molecular weight is 314 g/mol. The summed E-state index contributed by atoms with van der Waals surface area (Å²) in [7, 11) is 0. The van der Waals surface area contributed by atoms with Gasteiger partial charge in [0.15, 0.2) is 0 Å². The van der Waals surface area contributed by atoms with E-state index in [-0.39, 0.29) is 17.9 Å². The molecule has 20 heavy (non-hydrogen) atoms. The number of nitrogens with one attached hydrogen (secondary N) is 2. The van der Waals surface area contributed by atoms with Gasteiger partial charge in [-0.1, -0.05) is 13.0 Å². The number of carbonyl (C=O) groups is 2. The molecule has 0 aliphatic heterocycles. The maximum absolute atomic E-state index is 12.3. The van der Waals surface area contributed by atoms with Crippen LogP contribution in [0.3, 0.4) is 0 Å². The van der Waals surface area contributed by atoms with Crippen LogP contribution < -0.4 is 10.6 Å². The van der Waals surface area contributed by atoms with Crippen LogP contribution in [-0.2, 0) is 9.59 Å². The fourth-order valence-electron chi connectivity index (χ4n) is 1.72. The molecule has 0 spiro atoms. The van der Waals surface area contributed by atoms with E-state index in [9.17, 15) is 9.59 Å². The molecule has 4 nitrogen and oxygen atoms in total. The number of carbonyl (C=O) groups excluding carboxylic acids is 2. The van der Waals surface area contributed by atoms with Crippen molar-refractivity contribution in [2.24, 2.45) is 0 Å². The third-order valence-corrected chi connectivity index (χ3v) is 4.61. The van der Waals surface area contributed by atoms with E-state index in [0.29, 0.717) is 12.8 Å². The van der Waals surface area contributed by atoms with Crippen LogP contribution in [0.4, 0.5) is 0 Å². The maximum Gasteiger partial charge on any atom is 0.243 e. The molecule has 1 aromatic rings. The summed E-state index contributed by atoms with van der Waals surface area (Å²) in [5, 5.41) is 7.75. The summed E-state index contributed by atoms with van der Waals surface area (Å²) in [6.07, 6.45) is 3.03. The molecule has 1 heterocycles. The van der Waals surface area contributed by atoms with Crippen molar-refractivity contribution in [3.05, 3.63) is 22.4 Å². The fourth-order valence-corrected chi connectivity index (χ4v) is 2.93. The highest BCUT2D eigenvalue weighted by atomic mass is 32.2. The minimum Gasteiger partial charge on any atom is -0.347 e. The van der Waals surface area contributed by atoms with Crippen LogP contribution in [-0.4, -0.2) is 29.9 Å². The lowest BCUT2D eigenvalue weighted by Gasteiger charge is -2.20. The Kier molecular flexibility index (Phi) is 7.69. The fraction of sp³-hybridized carbons (Fsp3) is 0.571. The van der Waals surface area contributed by atoms with E-state index in [4.69, 9.17) is 0 Å². The summed E-state index contributed by atoms with van der Waals surface area (Å²) >= 11 is 3.28. The lowest BCUT2D eigenvalue weighted by Crippen LogP contribution is -2.47. The number of amides is 2. The van der Waals surface area contributed by atoms with E-state index in [1.54, 1.807) is 30.0 Å². The number of rotatable bonds is 8. The molecule has 0 radical (unpaired) electrons. The molecule has 112 valence electrons. The Balaban J connectivity index is 2.59. The first-order valence-electron chi connectivity index (χ1n) is 6.70. The van der Waals surface area contributed by atoms with Gasteiger partial charge in [-0.15, -0.1) is 11.3 Å². The second-order valence-corrected chi connectivity index (χ2v) is 6.47. The molecule has 1 aromatic heterocycles. The molecule has 2 N–H and O–H groups in total. The highest BCUT2D eigenvalue weighted by Gasteiger charge is 2.21. The predicted molar refractivity (Wildman–Crippen MR) is 86.1 cm³/mol. The summed E-state index contributed by atoms with van der Waals surface area (Å²) in [5.41, 5.74) is 0. The van der Waals surface area contributed by atoms with Gasteiger partial charge >= 0.3 is 0 Å². The third-order valence-electron chi connectivity index (χ3n) is 2.91. The summed E-state index contributed by atoms with van der Waals surface area (Å²) in [6.45, 7) is 3.74. The second-order valence-electron chi connectivity index (χ2n) is 4.50. The molecule has 0 aromatic carbocycles. The summed E-state index contributed by atoms with van der Waals surface area (Å²) < 4.78 is 0. The van der Waals surface area contributed by atoms with Crippen molar-refractivity contribution in [2.75, 3.05) is 12.0 Å². The molecule has 2 atom stereocenters. The van der Waals surface area contributed by atoms with Crippen LogP contribution >= 0.6 is 23.1 Å². The molecule has 6 heteroatoms. The molecule has 0 saturated carbocycles. The van der Waals surface area contributed by atoms with Gasteiger partial charge in [-0.05, 0) is 36.8 Å². The average Bonchev–Trinajstić information content (AvgIpc) is 2.97. The lowest BCUT2D eigenvalue weighted by molar-refractivity contribution is -0.129. The largest absolute Gasteiger partial charge is 0.347 e. The molecule has 0 bridgehead atoms. The normalized spacial score (nSPS) is 13.6. The Morgan fingerprint density at radius 2 is 2.15 bits per heavy atom. The van der Waals surface area contributed by atoms with Crippen molar-refractivity contribution >= 4 is 34.9 Å². The summed E-state index contributed by atoms with van der Waals surface area (Å²) in [4.78, 5) is 24.9. The van der Waals surface area contributed by atoms with Crippen LogP contribution in [0.1, 0.15) is 37.6 Å². The SMILES string of the molecule is CCC(=O)N[C@H](CCSC)C(=O)N[C@@H](C)c1cccs1. The molecule has 0 unspecified atom stereocenters. The van der Waals surface area contributed by atoms with Gasteiger partial charge in [-0.3, -0.25) is 9.59 Å². The zero-order valence-corrected chi connectivity index (χ0v) is 13.8. The first-order chi connectivity index (χ1) is 9.58. The van der Waals surface area contributed by atoms with Gasteiger partial charge in [0.1, 0.15) is 6.04 Å². The van der Waals surface area contributed by atoms with E-state index in [1.807, 2.05) is 30.7 Å². The number of thioether (sulfide) groups is 1. The van der Waals surface area contributed by atoms with Crippen molar-refractivity contribution < 1.29 is 9.59 Å². The Bertz CT molecular complexity index is 421. The van der Waals surface area contributed by atoms with Crippen molar-refractivity contribution in [1.29, 1.82) is 0 Å². The first kappa shape index (κ1) is 17.0. The van der Waals surface area contributed by atoms with Crippen molar-refractivity contribution in [3.8, 4) is 0 Å². The molecule has 0 aliphatic carbocycles. The van der Waals surface area contributed by atoms with Crippen LogP contribution in [0.25, 0.3) is 0 Å². The Morgan fingerprint density at radius 1 is 1.40 bits per heavy atom. The van der Waals surface area contributed by atoms with Crippen molar-refractivity contribution in [1.82, 2.24) is 10.6 Å². The van der Waals surface area contributed by atoms with Gasteiger partial charge in [0, 0.05) is 11.3 Å². The van der Waals surface area contributed by atoms with Gasteiger partial charge in [-0.2, -0.15) is 11.8 Å². The van der Waals surface area contributed by atoms with E-state index in [2.05, 4.69) is 10.6 Å². The quantitative estimate of drug-likeness (QED) is 0.775. The molecule has 1 rings (SSSR count). The van der Waals surface area contributed by atoms with Crippen molar-refractivity contribution in [3.63, 3.8) is 0 Å². The topological polar surface area (TPSA) is 58.2 Å². The number of thiophene rings is 1. The molecule has 0 aliphatic rings. The predicted octanol–water partition coefficient (Wildman–Crippen LogP) is 2.57. The Labute approximate surface area is 128 Å².